The van der Waals surface area contributed by atoms with Gasteiger partial charge in [0.05, 0.1) is 0 Å². The fourth-order valence-corrected chi connectivity index (χ4v) is 0.693. The average molecular weight is 98.2 g/mol. The van der Waals surface area contributed by atoms with Crippen LogP contribution in [0.3, 0.4) is 0 Å². The van der Waals surface area contributed by atoms with Crippen molar-refractivity contribution >= 4 is 6.21 Å². The molecule has 0 spiro atoms. The highest BCUT2D eigenvalue weighted by Crippen LogP contribution is 2.21. The number of nitrogens with zero attached hydrogens (tertiary/aromatic N) is 1. The zero-order chi connectivity index (χ0) is 5.28. The molecule has 1 nitrogen and oxygen atoms in total. The predicted molar refractivity (Wildman–Crippen MR) is 30.9 cm³/mol. The van der Waals surface area contributed by atoms with E-state index in [1.54, 1.807) is 0 Å². The Morgan fingerprint density at radius 3 is 2.29 bits per heavy atom. The zero-order valence-electron chi connectivity index (χ0n) is 5.02. The Morgan fingerprint density at radius 2 is 2.14 bits per heavy atom. The van der Waals surface area contributed by atoms with Crippen LogP contribution in [0.2, 0.25) is 0 Å². The van der Waals surface area contributed by atoms with Crippen molar-refractivity contribution in [3.8, 4) is 0 Å². The van der Waals surface area contributed by atoms with E-state index in [1.807, 2.05) is 0 Å². The molecular weight excluding hydrogens is 86.1 g/mol. The van der Waals surface area contributed by atoms with E-state index in [2.05, 4.69) is 24.8 Å². The monoisotopic (exact) mass is 98.1 g/mol. The number of rotatable bonds is 1. The van der Waals surface area contributed by atoms with Crippen LogP contribution in [0.25, 0.3) is 0 Å². The van der Waals surface area contributed by atoms with E-state index in [1.165, 1.54) is 12.8 Å². The normalized spacial score (nSPS) is 22.9. The van der Waals surface area contributed by atoms with E-state index in [9.17, 15) is 0 Å². The molecule has 0 heterocycles. The molecule has 1 aliphatic rings. The summed E-state index contributed by atoms with van der Waals surface area (Å²) in [4.78, 5) is 0. The molecule has 0 bridgehead atoms. The fourth-order valence-electron chi connectivity index (χ4n) is 0.693. The molecule has 1 heteroatoms. The van der Waals surface area contributed by atoms with Crippen LogP contribution in [0.4, 0.5) is 0 Å². The van der Waals surface area contributed by atoms with Crippen molar-refractivity contribution in [1.82, 2.24) is 0 Å². The van der Waals surface area contributed by atoms with Crippen LogP contribution >= 0.6 is 0 Å². The molecule has 1 aliphatic carbocycles. The van der Waals surface area contributed by atoms with Crippen molar-refractivity contribution in [2.45, 2.75) is 25.8 Å². The summed E-state index contributed by atoms with van der Waals surface area (Å²) in [5, 5.41) is 0. The molecule has 7 heavy (non-hydrogen) atoms. The molecule has 1 fully saturated rings. The maximum atomic E-state index is 2.28. The van der Waals surface area contributed by atoms with Crippen LogP contribution < -0.4 is 0 Å². The van der Waals surface area contributed by atoms with Gasteiger partial charge in [0, 0.05) is 19.8 Å². The van der Waals surface area contributed by atoms with Gasteiger partial charge in [-0.15, -0.1) is 0 Å². The molecule has 0 aromatic heterocycles. The Morgan fingerprint density at radius 1 is 1.57 bits per heavy atom. The molecule has 0 N–H and O–H groups in total. The largest absolute Gasteiger partial charge is 0.240 e. The summed E-state index contributed by atoms with van der Waals surface area (Å²) in [6.45, 7) is 2.08. The third-order valence-corrected chi connectivity index (χ3v) is 1.53. The predicted octanol–water partition coefficient (Wildman–Crippen LogP) is 0.882. The molecule has 0 saturated heterocycles. The second-order valence-electron chi connectivity index (χ2n) is 2.15. The standard InChI is InChI=1S/C6H12N/c1-3-7(2)6-4-5-6/h3,6H,4-5H2,1-2H3/q+1. The van der Waals surface area contributed by atoms with Crippen molar-refractivity contribution in [1.29, 1.82) is 0 Å². The quantitative estimate of drug-likeness (QED) is 0.338. The second kappa shape index (κ2) is 1.65. The minimum Gasteiger partial charge on any atom is -0.240 e. The number of hydrogen-bond acceptors (Lipinski definition) is 0. The SMILES string of the molecule is CC=[N+](C)C1CC1. The highest BCUT2D eigenvalue weighted by molar-refractivity contribution is 5.46. The highest BCUT2D eigenvalue weighted by atomic mass is 15.0. The second-order valence-corrected chi connectivity index (χ2v) is 2.15. The van der Waals surface area contributed by atoms with Crippen LogP contribution in [0.5, 0.6) is 0 Å². The first-order chi connectivity index (χ1) is 3.34. The Balaban J connectivity index is 2.37. The first-order valence-corrected chi connectivity index (χ1v) is 2.86. The lowest BCUT2D eigenvalue weighted by Crippen LogP contribution is -2.06. The van der Waals surface area contributed by atoms with Gasteiger partial charge in [0.25, 0.3) is 0 Å². The first-order valence-electron chi connectivity index (χ1n) is 2.86. The van der Waals surface area contributed by atoms with Crippen molar-refractivity contribution in [3.63, 3.8) is 0 Å². The zero-order valence-corrected chi connectivity index (χ0v) is 5.02. The topological polar surface area (TPSA) is 3.01 Å². The molecular formula is C6H12N+. The van der Waals surface area contributed by atoms with Gasteiger partial charge in [-0.25, -0.2) is 4.58 Å². The summed E-state index contributed by atoms with van der Waals surface area (Å²) in [7, 11) is 2.14. The van der Waals surface area contributed by atoms with Crippen LogP contribution in [0, 0.1) is 0 Å². The molecule has 0 aromatic rings. The van der Waals surface area contributed by atoms with Gasteiger partial charge in [-0.3, -0.25) is 0 Å². The number of hydrogen-bond donors (Lipinski definition) is 0. The highest BCUT2D eigenvalue weighted by Gasteiger charge is 2.29. The molecule has 0 amide bonds. The molecule has 0 aromatic carbocycles. The summed E-state index contributed by atoms with van der Waals surface area (Å²) >= 11 is 0. The molecule has 0 aliphatic heterocycles. The third-order valence-electron chi connectivity index (χ3n) is 1.53. The Bertz CT molecular complexity index is 90.4. The van der Waals surface area contributed by atoms with Gasteiger partial charge in [0.2, 0.25) is 0 Å². The van der Waals surface area contributed by atoms with Gasteiger partial charge in [-0.1, -0.05) is 0 Å². The van der Waals surface area contributed by atoms with Crippen molar-refractivity contribution in [2.24, 2.45) is 0 Å². The molecule has 0 atom stereocenters. The van der Waals surface area contributed by atoms with Crippen LogP contribution in [-0.4, -0.2) is 23.9 Å². The van der Waals surface area contributed by atoms with Gasteiger partial charge in [-0.2, -0.15) is 0 Å². The smallest absolute Gasteiger partial charge is 0.152 e. The minimum absolute atomic E-state index is 0.894. The third kappa shape index (κ3) is 1.02. The summed E-state index contributed by atoms with van der Waals surface area (Å²) in [6.07, 6.45) is 4.94. The van der Waals surface area contributed by atoms with Crippen LogP contribution in [0.15, 0.2) is 0 Å². The molecule has 0 radical (unpaired) electrons. The molecule has 1 rings (SSSR count). The Labute approximate surface area is 44.7 Å². The lowest BCUT2D eigenvalue weighted by molar-refractivity contribution is -0.507. The van der Waals surface area contributed by atoms with E-state index in [4.69, 9.17) is 0 Å². The molecule has 0 unspecified atom stereocenters. The summed E-state index contributed by atoms with van der Waals surface area (Å²) < 4.78 is 2.28. The van der Waals surface area contributed by atoms with Gasteiger partial charge >= 0.3 is 0 Å². The maximum absolute atomic E-state index is 2.28. The van der Waals surface area contributed by atoms with Gasteiger partial charge in [0.1, 0.15) is 13.3 Å². The van der Waals surface area contributed by atoms with E-state index >= 15 is 0 Å². The minimum atomic E-state index is 0.894. The average Bonchev–Trinajstić information content (AvgIpc) is 2.44. The maximum Gasteiger partial charge on any atom is 0.152 e. The van der Waals surface area contributed by atoms with Crippen molar-refractivity contribution in [2.75, 3.05) is 7.05 Å². The lowest BCUT2D eigenvalue weighted by atomic mass is 10.6. The summed E-state index contributed by atoms with van der Waals surface area (Å²) in [5.41, 5.74) is 0. The van der Waals surface area contributed by atoms with E-state index in [-0.39, 0.29) is 0 Å². The van der Waals surface area contributed by atoms with Crippen molar-refractivity contribution < 1.29 is 4.58 Å². The molecule has 1 saturated carbocycles. The van der Waals surface area contributed by atoms with Crippen molar-refractivity contribution in [3.05, 3.63) is 0 Å². The van der Waals surface area contributed by atoms with E-state index < -0.39 is 0 Å². The first kappa shape index (κ1) is 4.82. The van der Waals surface area contributed by atoms with Gasteiger partial charge in [-0.05, 0) is 0 Å². The van der Waals surface area contributed by atoms with E-state index in [0.29, 0.717) is 0 Å². The van der Waals surface area contributed by atoms with E-state index in [0.717, 1.165) is 6.04 Å². The summed E-state index contributed by atoms with van der Waals surface area (Å²) in [6, 6.07) is 0.894. The molecule has 40 valence electrons. The fraction of sp³-hybridized carbons (Fsp3) is 0.833. The van der Waals surface area contributed by atoms with Gasteiger partial charge < -0.3 is 0 Å². The summed E-state index contributed by atoms with van der Waals surface area (Å²) in [5.74, 6) is 0. The Hall–Kier alpha value is -0.330. The Kier molecular flexibility index (Phi) is 1.13. The van der Waals surface area contributed by atoms with Gasteiger partial charge in [0.15, 0.2) is 6.04 Å². The lowest BCUT2D eigenvalue weighted by Gasteiger charge is -1.85. The van der Waals surface area contributed by atoms with Crippen LogP contribution in [0.1, 0.15) is 19.8 Å². The van der Waals surface area contributed by atoms with Crippen LogP contribution in [-0.2, 0) is 0 Å².